The van der Waals surface area contributed by atoms with E-state index in [1.165, 1.54) is 42.4 Å². The summed E-state index contributed by atoms with van der Waals surface area (Å²) in [4.78, 5) is 29.0. The second kappa shape index (κ2) is 41.4. The summed E-state index contributed by atoms with van der Waals surface area (Å²) in [5.74, 6) is 0. The molecule has 66 heavy (non-hydrogen) atoms. The van der Waals surface area contributed by atoms with Gasteiger partial charge in [-0.1, -0.05) is 146 Å². The van der Waals surface area contributed by atoms with E-state index in [2.05, 4.69) is 269 Å². The summed E-state index contributed by atoms with van der Waals surface area (Å²) in [6, 6.07) is 86.0. The SMILES string of the molecule is C[PH+](c1ccccc1)c1ccccc1.C[PH+](c1ccccc1)c1ccccc1.C[PH+](c1ccccc1)c1ccccc1.C[PH+](c1ccccc1)c1ccccc1.[Fe].[Fe].[N]=O.[N]=O.[N]=O.[N]=O. The Morgan fingerprint density at radius 2 is 0.273 bits per heavy atom. The van der Waals surface area contributed by atoms with E-state index in [0.717, 1.165) is 0 Å². The molecule has 8 nitrogen and oxygen atoms in total. The zero-order valence-electron chi connectivity index (χ0n) is 37.2. The van der Waals surface area contributed by atoms with Gasteiger partial charge in [0.05, 0.1) is 101 Å². The molecule has 0 aliphatic rings. The van der Waals surface area contributed by atoms with Crippen LogP contribution in [0, 0.1) is 19.6 Å². The van der Waals surface area contributed by atoms with Crippen molar-refractivity contribution >= 4 is 74.1 Å². The summed E-state index contributed by atoms with van der Waals surface area (Å²) >= 11 is 0. The maximum absolute atomic E-state index is 7.25. The van der Waals surface area contributed by atoms with Gasteiger partial charge in [0.25, 0.3) is 0 Å². The summed E-state index contributed by atoms with van der Waals surface area (Å²) in [6.07, 6.45) is 0. The normalized spacial score (nSPS) is 9.09. The minimum atomic E-state index is -0.545. The number of rotatable bonds is 8. The maximum Gasteiger partial charge on any atom is 0.120 e. The van der Waals surface area contributed by atoms with Crippen LogP contribution in [0.3, 0.4) is 0 Å². The van der Waals surface area contributed by atoms with Crippen molar-refractivity contribution in [3.63, 3.8) is 0 Å². The van der Waals surface area contributed by atoms with Gasteiger partial charge in [-0.05, 0) is 97.1 Å². The molecule has 0 aromatic heterocycles. The minimum absolute atomic E-state index is 0. The van der Waals surface area contributed by atoms with Gasteiger partial charge in [0.15, 0.2) is 0 Å². The van der Waals surface area contributed by atoms with Gasteiger partial charge in [-0.15, -0.1) is 19.6 Å². The van der Waals surface area contributed by atoms with Crippen LogP contribution in [0.5, 0.6) is 0 Å². The van der Waals surface area contributed by atoms with E-state index in [0.29, 0.717) is 0 Å². The standard InChI is InChI=1S/4C13H13P.2Fe.4NO/c4*1-14(12-8-4-2-5-9-12)13-10-6-3-7-11-13;;;4*1-2/h4*2-11H,1H3;;;;;;/p+4. The third-order valence-corrected chi connectivity index (χ3v) is 19.2. The molecule has 0 saturated carbocycles. The third kappa shape index (κ3) is 23.9. The Balaban J connectivity index is 0. The van der Waals surface area contributed by atoms with E-state index in [1.807, 2.05) is 0 Å². The molecular weight excluding hydrogens is 980 g/mol. The minimum Gasteiger partial charge on any atom is -0.120 e. The monoisotopic (exact) mass is 1040 g/mol. The van der Waals surface area contributed by atoms with Gasteiger partial charge < -0.3 is 0 Å². The zero-order chi connectivity index (χ0) is 47.2. The molecule has 0 fully saturated rings. The average molecular weight is 1040 g/mol. The van der Waals surface area contributed by atoms with Crippen molar-refractivity contribution in [2.45, 2.75) is 0 Å². The van der Waals surface area contributed by atoms with Crippen LogP contribution in [0.2, 0.25) is 0 Å². The molecule has 0 spiro atoms. The summed E-state index contributed by atoms with van der Waals surface area (Å²) in [6.45, 7) is 9.37. The van der Waals surface area contributed by atoms with Gasteiger partial charge >= 0.3 is 0 Å². The Kier molecular flexibility index (Phi) is 39.5. The van der Waals surface area contributed by atoms with Crippen LogP contribution in [0.1, 0.15) is 0 Å². The summed E-state index contributed by atoms with van der Waals surface area (Å²) in [5, 5.41) is 11.8. The second-order valence-corrected chi connectivity index (χ2v) is 23.0. The Morgan fingerprint density at radius 3 is 0.348 bits per heavy atom. The fourth-order valence-electron chi connectivity index (χ4n) is 6.17. The molecule has 8 aromatic rings. The van der Waals surface area contributed by atoms with Crippen molar-refractivity contribution in [3.8, 4) is 0 Å². The quantitative estimate of drug-likeness (QED) is 0.111. The molecule has 14 heteroatoms. The van der Waals surface area contributed by atoms with Gasteiger partial charge in [0, 0.05) is 34.1 Å². The van der Waals surface area contributed by atoms with E-state index in [-0.39, 0.29) is 34.1 Å². The van der Waals surface area contributed by atoms with Gasteiger partial charge in [0.2, 0.25) is 0 Å². The van der Waals surface area contributed by atoms with Crippen molar-refractivity contribution in [3.05, 3.63) is 262 Å². The molecule has 0 aliphatic heterocycles. The molecule has 0 amide bonds. The average Bonchev–Trinajstić information content (AvgIpc) is 3.42. The van der Waals surface area contributed by atoms with Crippen LogP contribution in [-0.4, -0.2) is 26.7 Å². The Bertz CT molecular complexity index is 1810. The molecule has 0 atom stereocenters. The molecule has 8 rings (SSSR count). The molecule has 4 radical (unpaired) electrons. The number of hydrogen-bond donors (Lipinski definition) is 0. The Hall–Kier alpha value is -5.08. The number of nitrogens with zero attached hydrogens (tertiary/aromatic N) is 4. The van der Waals surface area contributed by atoms with Crippen LogP contribution < -0.4 is 64.8 Å². The van der Waals surface area contributed by atoms with Crippen molar-refractivity contribution in [2.24, 2.45) is 0 Å². The molecule has 340 valence electrons. The molecule has 0 saturated heterocycles. The Morgan fingerprint density at radius 1 is 0.197 bits per heavy atom. The first-order valence-electron chi connectivity index (χ1n) is 20.0. The van der Waals surface area contributed by atoms with Gasteiger partial charge in [0.1, 0.15) is 22.4 Å². The largest absolute Gasteiger partial charge is 0.120 e. The van der Waals surface area contributed by atoms with E-state index < -0.39 is 31.7 Å². The summed E-state index contributed by atoms with van der Waals surface area (Å²) in [5.41, 5.74) is 23.0. The molecule has 0 heterocycles. The predicted octanol–water partition coefficient (Wildman–Crippen LogP) is 8.13. The Labute approximate surface area is 416 Å². The van der Waals surface area contributed by atoms with Crippen LogP contribution in [-0.2, 0) is 34.1 Å². The van der Waals surface area contributed by atoms with E-state index in [4.69, 9.17) is 42.0 Å². The van der Waals surface area contributed by atoms with Crippen LogP contribution in [0.4, 0.5) is 0 Å². The first kappa shape index (κ1) is 63.0. The molecular formula is C52H56Fe2N4O4P4+4. The zero-order valence-corrected chi connectivity index (χ0v) is 43.4. The van der Waals surface area contributed by atoms with Crippen LogP contribution >= 0.6 is 31.7 Å². The molecule has 0 bridgehead atoms. The third-order valence-electron chi connectivity index (χ3n) is 9.65. The van der Waals surface area contributed by atoms with Gasteiger partial charge in [-0.25, -0.2) is 0 Å². The second-order valence-electron chi connectivity index (χ2n) is 13.4. The number of nitroso groups, excluding NO2 is 4. The van der Waals surface area contributed by atoms with Crippen molar-refractivity contribution in [1.82, 2.24) is 22.4 Å². The molecule has 0 N–H and O–H groups in total. The maximum atomic E-state index is 7.25. The van der Waals surface area contributed by atoms with Crippen LogP contribution in [0.15, 0.2) is 243 Å². The van der Waals surface area contributed by atoms with E-state index in [1.54, 1.807) is 0 Å². The van der Waals surface area contributed by atoms with E-state index >= 15 is 0 Å². The number of benzene rings is 8. The first-order chi connectivity index (χ1) is 31.5. The molecule has 8 aromatic carbocycles. The molecule has 0 unspecified atom stereocenters. The van der Waals surface area contributed by atoms with Crippen molar-refractivity contribution in [2.75, 3.05) is 26.7 Å². The fraction of sp³-hybridized carbons (Fsp3) is 0.0769. The van der Waals surface area contributed by atoms with Gasteiger partial charge in [-0.3, -0.25) is 0 Å². The fourth-order valence-corrected chi connectivity index (χ4v) is 13.0. The smallest absolute Gasteiger partial charge is 0.120 e. The van der Waals surface area contributed by atoms with Crippen molar-refractivity contribution in [1.29, 1.82) is 0 Å². The van der Waals surface area contributed by atoms with Crippen LogP contribution in [0.25, 0.3) is 0 Å². The molecule has 0 aliphatic carbocycles. The van der Waals surface area contributed by atoms with E-state index in [9.17, 15) is 0 Å². The predicted molar refractivity (Wildman–Crippen MR) is 288 cm³/mol. The number of hydrogen-bond acceptors (Lipinski definition) is 4. The van der Waals surface area contributed by atoms with Crippen molar-refractivity contribution < 1.29 is 34.1 Å². The van der Waals surface area contributed by atoms with Gasteiger partial charge in [-0.2, -0.15) is 0 Å². The summed E-state index contributed by atoms with van der Waals surface area (Å²) < 4.78 is 0. The first-order valence-corrected chi connectivity index (χ1v) is 28.0. The topological polar surface area (TPSA) is 157 Å². The summed E-state index contributed by atoms with van der Waals surface area (Å²) in [7, 11) is -2.18.